The Morgan fingerprint density at radius 2 is 2.05 bits per heavy atom. The maximum atomic E-state index is 9.69. The lowest BCUT2D eigenvalue weighted by Crippen LogP contribution is -2.23. The van der Waals surface area contributed by atoms with Crippen molar-refractivity contribution in [1.82, 2.24) is 5.32 Å². The number of methoxy groups -OCH3 is 1. The van der Waals surface area contributed by atoms with Gasteiger partial charge in [-0.05, 0) is 19.0 Å². The highest BCUT2D eigenvalue weighted by Crippen LogP contribution is 2.38. The monoisotopic (exact) mass is 297 g/mol. The predicted molar refractivity (Wildman–Crippen MR) is 77.9 cm³/mol. The van der Waals surface area contributed by atoms with Gasteiger partial charge in [0.05, 0.1) is 6.61 Å². The molecule has 0 saturated carbocycles. The molecule has 1 atom stereocenters. The first-order chi connectivity index (χ1) is 10.2. The van der Waals surface area contributed by atoms with E-state index >= 15 is 0 Å². The third kappa shape index (κ3) is 4.49. The highest BCUT2D eigenvalue weighted by Gasteiger charge is 2.18. The number of nitrogens with one attached hydrogen (secondary N) is 1. The van der Waals surface area contributed by atoms with Gasteiger partial charge in [0, 0.05) is 25.3 Å². The van der Waals surface area contributed by atoms with E-state index in [0.717, 1.165) is 24.3 Å². The van der Waals surface area contributed by atoms with Crippen LogP contribution in [0.5, 0.6) is 17.2 Å². The maximum Gasteiger partial charge on any atom is 0.231 e. The predicted octanol–water partition coefficient (Wildman–Crippen LogP) is 1.30. The number of fused-ring (bicyclic) bond motifs is 1. The molecular formula is C15H23NO5. The van der Waals surface area contributed by atoms with Crippen molar-refractivity contribution < 1.29 is 24.1 Å². The maximum absolute atomic E-state index is 9.69. The molecule has 6 nitrogen and oxygen atoms in total. The van der Waals surface area contributed by atoms with Crippen molar-refractivity contribution in [3.8, 4) is 17.2 Å². The van der Waals surface area contributed by atoms with Crippen LogP contribution < -0.4 is 19.5 Å². The van der Waals surface area contributed by atoms with Crippen molar-refractivity contribution >= 4 is 0 Å². The van der Waals surface area contributed by atoms with E-state index in [0.29, 0.717) is 18.0 Å². The van der Waals surface area contributed by atoms with E-state index in [9.17, 15) is 5.11 Å². The van der Waals surface area contributed by atoms with Crippen LogP contribution in [0.4, 0.5) is 0 Å². The number of hydrogen-bond acceptors (Lipinski definition) is 6. The quantitative estimate of drug-likeness (QED) is 0.670. The largest absolute Gasteiger partial charge is 0.490 e. The summed E-state index contributed by atoms with van der Waals surface area (Å²) in [5.41, 5.74) is 0.984. The Labute approximate surface area is 125 Å². The Kier molecular flexibility index (Phi) is 6.10. The molecule has 2 rings (SSSR count). The second-order valence-corrected chi connectivity index (χ2v) is 4.91. The van der Waals surface area contributed by atoms with Gasteiger partial charge in [-0.15, -0.1) is 0 Å². The molecule has 0 aliphatic carbocycles. The van der Waals surface area contributed by atoms with Crippen LogP contribution in [0.3, 0.4) is 0 Å². The zero-order valence-electron chi connectivity index (χ0n) is 12.6. The standard InChI is InChI=1S/C15H23NO5/c1-3-4-16-7-11-5-14-15(21-10-20-14)6-13(11)19-9-12(17)8-18-2/h5-6,12,16-17H,3-4,7-10H2,1-2H3. The Bertz CT molecular complexity index is 452. The Morgan fingerprint density at radius 1 is 1.29 bits per heavy atom. The molecule has 1 heterocycles. The summed E-state index contributed by atoms with van der Waals surface area (Å²) in [6, 6.07) is 3.73. The molecule has 1 aliphatic rings. The summed E-state index contributed by atoms with van der Waals surface area (Å²) in [5, 5.41) is 13.0. The fourth-order valence-corrected chi connectivity index (χ4v) is 2.06. The Hall–Kier alpha value is -1.50. The molecule has 6 heteroatoms. The zero-order valence-corrected chi connectivity index (χ0v) is 12.6. The van der Waals surface area contributed by atoms with E-state index < -0.39 is 6.10 Å². The molecular weight excluding hydrogens is 274 g/mol. The van der Waals surface area contributed by atoms with Gasteiger partial charge in [0.25, 0.3) is 0 Å². The van der Waals surface area contributed by atoms with E-state index in [1.807, 2.05) is 12.1 Å². The van der Waals surface area contributed by atoms with Gasteiger partial charge < -0.3 is 29.4 Å². The summed E-state index contributed by atoms with van der Waals surface area (Å²) in [6.45, 7) is 4.38. The van der Waals surface area contributed by atoms with Crippen LogP contribution in [0.15, 0.2) is 12.1 Å². The molecule has 0 bridgehead atoms. The van der Waals surface area contributed by atoms with Gasteiger partial charge in [-0.1, -0.05) is 6.92 Å². The number of aliphatic hydroxyl groups excluding tert-OH is 1. The van der Waals surface area contributed by atoms with Gasteiger partial charge in [0.15, 0.2) is 11.5 Å². The van der Waals surface area contributed by atoms with Crippen molar-refractivity contribution in [3.63, 3.8) is 0 Å². The zero-order chi connectivity index (χ0) is 15.1. The van der Waals surface area contributed by atoms with Gasteiger partial charge in [-0.25, -0.2) is 0 Å². The van der Waals surface area contributed by atoms with Crippen molar-refractivity contribution in [1.29, 1.82) is 0 Å². The SMILES string of the molecule is CCCNCc1cc2c(cc1OCC(O)COC)OCO2. The molecule has 2 N–H and O–H groups in total. The molecule has 0 spiro atoms. The van der Waals surface area contributed by atoms with Crippen LogP contribution in [0.25, 0.3) is 0 Å². The number of ether oxygens (including phenoxy) is 4. The van der Waals surface area contributed by atoms with Crippen LogP contribution in [-0.2, 0) is 11.3 Å². The first-order valence-corrected chi connectivity index (χ1v) is 7.17. The van der Waals surface area contributed by atoms with E-state index in [1.165, 1.54) is 0 Å². The lowest BCUT2D eigenvalue weighted by Gasteiger charge is -2.15. The smallest absolute Gasteiger partial charge is 0.231 e. The minimum Gasteiger partial charge on any atom is -0.490 e. The molecule has 1 aliphatic heterocycles. The van der Waals surface area contributed by atoms with Gasteiger partial charge >= 0.3 is 0 Å². The molecule has 118 valence electrons. The van der Waals surface area contributed by atoms with Crippen molar-refractivity contribution in [2.45, 2.75) is 26.0 Å². The summed E-state index contributed by atoms with van der Waals surface area (Å²) in [7, 11) is 1.55. The molecule has 0 fully saturated rings. The van der Waals surface area contributed by atoms with E-state index in [4.69, 9.17) is 18.9 Å². The Morgan fingerprint density at radius 3 is 2.76 bits per heavy atom. The summed E-state index contributed by atoms with van der Waals surface area (Å²) < 4.78 is 21.3. The number of rotatable bonds is 9. The molecule has 0 radical (unpaired) electrons. The van der Waals surface area contributed by atoms with E-state index in [-0.39, 0.29) is 20.0 Å². The lowest BCUT2D eigenvalue weighted by atomic mass is 10.1. The first kappa shape index (κ1) is 15.9. The summed E-state index contributed by atoms with van der Waals surface area (Å²) >= 11 is 0. The van der Waals surface area contributed by atoms with E-state index in [2.05, 4.69) is 12.2 Å². The van der Waals surface area contributed by atoms with Gasteiger partial charge in [0.1, 0.15) is 18.5 Å². The average molecular weight is 297 g/mol. The van der Waals surface area contributed by atoms with E-state index in [1.54, 1.807) is 7.11 Å². The highest BCUT2D eigenvalue weighted by molar-refractivity contribution is 5.51. The summed E-state index contributed by atoms with van der Waals surface area (Å²) in [5.74, 6) is 2.09. The number of benzene rings is 1. The molecule has 21 heavy (non-hydrogen) atoms. The van der Waals surface area contributed by atoms with Gasteiger partial charge in [-0.2, -0.15) is 0 Å². The minimum absolute atomic E-state index is 0.175. The minimum atomic E-state index is -0.656. The van der Waals surface area contributed by atoms with Crippen LogP contribution in [0.2, 0.25) is 0 Å². The van der Waals surface area contributed by atoms with Gasteiger partial charge in [-0.3, -0.25) is 0 Å². The summed E-state index contributed by atoms with van der Waals surface area (Å²) in [6.07, 6.45) is 0.407. The molecule has 0 aromatic heterocycles. The Balaban J connectivity index is 2.05. The van der Waals surface area contributed by atoms with Crippen LogP contribution in [-0.4, -0.2) is 44.9 Å². The van der Waals surface area contributed by atoms with Crippen LogP contribution in [0, 0.1) is 0 Å². The lowest BCUT2D eigenvalue weighted by molar-refractivity contribution is 0.0322. The molecule has 1 unspecified atom stereocenters. The average Bonchev–Trinajstić information content (AvgIpc) is 2.92. The van der Waals surface area contributed by atoms with Crippen molar-refractivity contribution in [2.24, 2.45) is 0 Å². The highest BCUT2D eigenvalue weighted by atomic mass is 16.7. The molecule has 1 aromatic carbocycles. The number of hydrogen-bond donors (Lipinski definition) is 2. The van der Waals surface area contributed by atoms with Crippen LogP contribution in [0.1, 0.15) is 18.9 Å². The normalized spacial score (nSPS) is 14.2. The summed E-state index contributed by atoms with van der Waals surface area (Å²) in [4.78, 5) is 0. The molecule has 0 amide bonds. The second-order valence-electron chi connectivity index (χ2n) is 4.91. The first-order valence-electron chi connectivity index (χ1n) is 7.17. The van der Waals surface area contributed by atoms with Crippen LogP contribution >= 0.6 is 0 Å². The van der Waals surface area contributed by atoms with Crippen molar-refractivity contribution in [2.75, 3.05) is 33.7 Å². The van der Waals surface area contributed by atoms with Crippen molar-refractivity contribution in [3.05, 3.63) is 17.7 Å². The number of aliphatic hydroxyl groups is 1. The fourth-order valence-electron chi connectivity index (χ4n) is 2.06. The molecule has 0 saturated heterocycles. The third-order valence-electron chi connectivity index (χ3n) is 3.09. The second kappa shape index (κ2) is 8.07. The third-order valence-corrected chi connectivity index (χ3v) is 3.09. The van der Waals surface area contributed by atoms with Gasteiger partial charge in [0.2, 0.25) is 6.79 Å². The topological polar surface area (TPSA) is 69.2 Å². The fraction of sp³-hybridized carbons (Fsp3) is 0.600. The molecule has 1 aromatic rings.